The van der Waals surface area contributed by atoms with Crippen LogP contribution in [-0.4, -0.2) is 41.0 Å². The summed E-state index contributed by atoms with van der Waals surface area (Å²) in [5, 5.41) is 8.83. The number of hydrogen-bond donors (Lipinski definition) is 1. The van der Waals surface area contributed by atoms with Gasteiger partial charge in [-0.05, 0) is 13.0 Å². The molecular weight excluding hydrogens is 242 g/mol. The number of aryl methyl sites for hydroxylation is 1. The Kier molecular flexibility index (Phi) is 3.15. The minimum absolute atomic E-state index is 0.0743. The van der Waals surface area contributed by atoms with Gasteiger partial charge in [0.25, 0.3) is 11.8 Å². The maximum atomic E-state index is 11.5. The third kappa shape index (κ3) is 2.25. The lowest BCUT2D eigenvalue weighted by Crippen LogP contribution is -2.45. The number of morpholine rings is 1. The molecule has 0 radical (unpaired) electrons. The summed E-state index contributed by atoms with van der Waals surface area (Å²) in [7, 11) is 0. The number of aromatic carboxylic acids is 1. The number of amides is 2. The molecular formula is C11H11NO6. The van der Waals surface area contributed by atoms with Crippen molar-refractivity contribution in [1.29, 1.82) is 0 Å². The lowest BCUT2D eigenvalue weighted by molar-refractivity contribution is -0.159. The summed E-state index contributed by atoms with van der Waals surface area (Å²) in [5.74, 6) is -2.03. The molecule has 7 heteroatoms. The summed E-state index contributed by atoms with van der Waals surface area (Å²) in [6.07, 6.45) is 0. The van der Waals surface area contributed by atoms with Crippen LogP contribution in [0.25, 0.3) is 0 Å². The predicted octanol–water partition coefficient (Wildman–Crippen LogP) is 0.172. The van der Waals surface area contributed by atoms with Crippen molar-refractivity contribution in [3.05, 3.63) is 23.2 Å². The maximum Gasteiger partial charge on any atom is 0.372 e. The molecule has 0 saturated carbocycles. The monoisotopic (exact) mass is 253 g/mol. The van der Waals surface area contributed by atoms with Crippen LogP contribution in [-0.2, 0) is 20.9 Å². The number of hydrogen-bond acceptors (Lipinski definition) is 5. The van der Waals surface area contributed by atoms with Gasteiger partial charge in [0.15, 0.2) is 0 Å². The highest BCUT2D eigenvalue weighted by Crippen LogP contribution is 2.17. The number of rotatable bonds is 3. The van der Waals surface area contributed by atoms with Crippen LogP contribution in [0.3, 0.4) is 0 Å². The summed E-state index contributed by atoms with van der Waals surface area (Å²) < 4.78 is 9.85. The van der Waals surface area contributed by atoms with E-state index in [1.807, 2.05) is 0 Å². The molecule has 7 nitrogen and oxygen atoms in total. The van der Waals surface area contributed by atoms with E-state index in [0.29, 0.717) is 5.56 Å². The molecule has 1 aliphatic heterocycles. The second-order valence-electron chi connectivity index (χ2n) is 3.90. The van der Waals surface area contributed by atoms with Gasteiger partial charge in [-0.1, -0.05) is 0 Å². The highest BCUT2D eigenvalue weighted by Gasteiger charge is 2.28. The molecule has 0 aromatic carbocycles. The van der Waals surface area contributed by atoms with E-state index < -0.39 is 17.8 Å². The number of carbonyl (C=O) groups is 3. The van der Waals surface area contributed by atoms with E-state index in [0.717, 1.165) is 4.90 Å². The normalized spacial score (nSPS) is 16.2. The number of carboxylic acid groups (broad SMARTS) is 1. The first-order valence-electron chi connectivity index (χ1n) is 5.22. The standard InChI is InChI=1S/C11H11NO6/c1-6-2-7(18-10(6)11(15)16)3-12-8(13)4-17-5-9(12)14/h2H,3-5H2,1H3,(H,15,16). The molecule has 1 fully saturated rings. The van der Waals surface area contributed by atoms with Crippen molar-refractivity contribution in [3.8, 4) is 0 Å². The van der Waals surface area contributed by atoms with Crippen LogP contribution in [0.5, 0.6) is 0 Å². The molecule has 1 aliphatic rings. The van der Waals surface area contributed by atoms with Crippen LogP contribution in [0.1, 0.15) is 21.9 Å². The minimum atomic E-state index is -1.18. The Morgan fingerprint density at radius 3 is 2.50 bits per heavy atom. The SMILES string of the molecule is Cc1cc(CN2C(=O)COCC2=O)oc1C(=O)O. The molecule has 0 spiro atoms. The molecule has 0 atom stereocenters. The highest BCUT2D eigenvalue weighted by molar-refractivity contribution is 5.98. The molecule has 0 unspecified atom stereocenters. The van der Waals surface area contributed by atoms with Crippen LogP contribution in [0.15, 0.2) is 10.5 Å². The Labute approximate surface area is 102 Å². The van der Waals surface area contributed by atoms with Crippen LogP contribution < -0.4 is 0 Å². The van der Waals surface area contributed by atoms with E-state index in [2.05, 4.69) is 0 Å². The summed E-state index contributed by atoms with van der Waals surface area (Å²) in [4.78, 5) is 34.7. The van der Waals surface area contributed by atoms with E-state index in [9.17, 15) is 14.4 Å². The van der Waals surface area contributed by atoms with E-state index in [4.69, 9.17) is 14.3 Å². The van der Waals surface area contributed by atoms with Gasteiger partial charge < -0.3 is 14.3 Å². The molecule has 0 bridgehead atoms. The number of carbonyl (C=O) groups excluding carboxylic acids is 2. The molecule has 2 heterocycles. The third-order valence-electron chi connectivity index (χ3n) is 2.53. The van der Waals surface area contributed by atoms with E-state index in [-0.39, 0.29) is 31.3 Å². The van der Waals surface area contributed by atoms with Gasteiger partial charge in [0.2, 0.25) is 5.76 Å². The van der Waals surface area contributed by atoms with Gasteiger partial charge in [0.05, 0.1) is 6.54 Å². The predicted molar refractivity (Wildman–Crippen MR) is 56.8 cm³/mol. The molecule has 1 aromatic heterocycles. The zero-order valence-electron chi connectivity index (χ0n) is 9.63. The number of imide groups is 1. The average Bonchev–Trinajstić information content (AvgIpc) is 2.65. The summed E-state index contributed by atoms with van der Waals surface area (Å²) in [6.45, 7) is 1.20. The van der Waals surface area contributed by atoms with E-state index >= 15 is 0 Å². The quantitative estimate of drug-likeness (QED) is 0.771. The lowest BCUT2D eigenvalue weighted by atomic mass is 10.2. The Balaban J connectivity index is 2.18. The zero-order chi connectivity index (χ0) is 13.3. The summed E-state index contributed by atoms with van der Waals surface area (Å²) in [5.41, 5.74) is 0.450. The second kappa shape index (κ2) is 4.61. The van der Waals surface area contributed by atoms with Gasteiger partial charge in [-0.3, -0.25) is 14.5 Å². The van der Waals surface area contributed by atoms with Crippen LogP contribution >= 0.6 is 0 Å². The number of carboxylic acids is 1. The first-order chi connectivity index (χ1) is 8.49. The average molecular weight is 253 g/mol. The number of ether oxygens (including phenoxy) is 1. The molecule has 0 aliphatic carbocycles. The van der Waals surface area contributed by atoms with Crippen molar-refractivity contribution >= 4 is 17.8 Å². The lowest BCUT2D eigenvalue weighted by Gasteiger charge is -2.23. The van der Waals surface area contributed by atoms with Gasteiger partial charge in [-0.2, -0.15) is 0 Å². The van der Waals surface area contributed by atoms with Crippen molar-refractivity contribution in [1.82, 2.24) is 4.90 Å². The second-order valence-corrected chi connectivity index (χ2v) is 3.90. The molecule has 1 aromatic rings. The van der Waals surface area contributed by atoms with Crippen molar-refractivity contribution < 1.29 is 28.6 Å². The van der Waals surface area contributed by atoms with Crippen molar-refractivity contribution in [2.75, 3.05) is 13.2 Å². The Morgan fingerprint density at radius 1 is 1.39 bits per heavy atom. The summed E-state index contributed by atoms with van der Waals surface area (Å²) in [6, 6.07) is 1.50. The molecule has 2 amide bonds. The van der Waals surface area contributed by atoms with Crippen molar-refractivity contribution in [3.63, 3.8) is 0 Å². The topological polar surface area (TPSA) is 97.0 Å². The molecule has 18 heavy (non-hydrogen) atoms. The van der Waals surface area contributed by atoms with Gasteiger partial charge >= 0.3 is 5.97 Å². The first kappa shape index (κ1) is 12.3. The molecule has 1 N–H and O–H groups in total. The van der Waals surface area contributed by atoms with Gasteiger partial charge in [0.1, 0.15) is 19.0 Å². The minimum Gasteiger partial charge on any atom is -0.475 e. The van der Waals surface area contributed by atoms with Crippen molar-refractivity contribution in [2.45, 2.75) is 13.5 Å². The largest absolute Gasteiger partial charge is 0.475 e. The zero-order valence-corrected chi connectivity index (χ0v) is 9.63. The van der Waals surface area contributed by atoms with E-state index in [1.165, 1.54) is 6.07 Å². The number of nitrogens with zero attached hydrogens (tertiary/aromatic N) is 1. The number of furan rings is 1. The highest BCUT2D eigenvalue weighted by atomic mass is 16.5. The molecule has 2 rings (SSSR count). The first-order valence-corrected chi connectivity index (χ1v) is 5.22. The van der Waals surface area contributed by atoms with Crippen LogP contribution in [0.2, 0.25) is 0 Å². The molecule has 1 saturated heterocycles. The fourth-order valence-electron chi connectivity index (χ4n) is 1.69. The van der Waals surface area contributed by atoms with Gasteiger partial charge in [-0.25, -0.2) is 4.79 Å². The van der Waals surface area contributed by atoms with Gasteiger partial charge in [-0.15, -0.1) is 0 Å². The Hall–Kier alpha value is -2.15. The van der Waals surface area contributed by atoms with Gasteiger partial charge in [0, 0.05) is 5.56 Å². The third-order valence-corrected chi connectivity index (χ3v) is 2.53. The Morgan fingerprint density at radius 2 is 2.00 bits per heavy atom. The van der Waals surface area contributed by atoms with E-state index in [1.54, 1.807) is 6.92 Å². The van der Waals surface area contributed by atoms with Crippen LogP contribution in [0, 0.1) is 6.92 Å². The fraction of sp³-hybridized carbons (Fsp3) is 0.364. The van der Waals surface area contributed by atoms with Crippen molar-refractivity contribution in [2.24, 2.45) is 0 Å². The summed E-state index contributed by atoms with van der Waals surface area (Å²) >= 11 is 0. The van der Waals surface area contributed by atoms with Crippen LogP contribution in [0.4, 0.5) is 0 Å². The Bertz CT molecular complexity index is 502. The smallest absolute Gasteiger partial charge is 0.372 e. The fourth-order valence-corrected chi connectivity index (χ4v) is 1.69. The maximum absolute atomic E-state index is 11.5. The molecule has 96 valence electrons.